The minimum absolute atomic E-state index is 0.429. The van der Waals surface area contributed by atoms with Gasteiger partial charge in [-0.15, -0.1) is 0 Å². The van der Waals surface area contributed by atoms with Crippen LogP contribution in [0.3, 0.4) is 0 Å². The molecular weight excluding hydrogens is 179 g/mol. The lowest BCUT2D eigenvalue weighted by atomic mass is 9.86. The van der Waals surface area contributed by atoms with E-state index in [-0.39, 0.29) is 0 Å². The van der Waals surface area contributed by atoms with Crippen LogP contribution in [0.15, 0.2) is 0 Å². The predicted molar refractivity (Wildman–Crippen MR) is 55.9 cm³/mol. The molecular formula is C11H21FN2. The van der Waals surface area contributed by atoms with Crippen molar-refractivity contribution in [2.45, 2.75) is 44.3 Å². The second kappa shape index (κ2) is 4.58. The van der Waals surface area contributed by atoms with Crippen molar-refractivity contribution >= 4 is 0 Å². The molecule has 0 unspecified atom stereocenters. The van der Waals surface area contributed by atoms with Crippen LogP contribution in [-0.2, 0) is 0 Å². The molecule has 14 heavy (non-hydrogen) atoms. The molecule has 3 heteroatoms. The lowest BCUT2D eigenvalue weighted by Crippen LogP contribution is -2.33. The van der Waals surface area contributed by atoms with Crippen LogP contribution >= 0.6 is 0 Å². The SMILES string of the molecule is NC1CCC(CN2CC[C@@H](F)C2)CC1. The van der Waals surface area contributed by atoms with Crippen LogP contribution < -0.4 is 5.73 Å². The number of hydrogen-bond donors (Lipinski definition) is 1. The van der Waals surface area contributed by atoms with Crippen molar-refractivity contribution in [2.24, 2.45) is 11.7 Å². The minimum atomic E-state index is -0.569. The van der Waals surface area contributed by atoms with E-state index >= 15 is 0 Å². The van der Waals surface area contributed by atoms with Gasteiger partial charge in [-0.2, -0.15) is 0 Å². The fourth-order valence-corrected chi connectivity index (χ4v) is 2.69. The second-order valence-electron chi connectivity index (χ2n) is 4.93. The quantitative estimate of drug-likeness (QED) is 0.732. The monoisotopic (exact) mass is 200 g/mol. The van der Waals surface area contributed by atoms with Crippen molar-refractivity contribution in [1.82, 2.24) is 4.90 Å². The third-order valence-electron chi connectivity index (χ3n) is 3.62. The second-order valence-corrected chi connectivity index (χ2v) is 4.93. The average Bonchev–Trinajstić information content (AvgIpc) is 2.56. The molecule has 1 aliphatic carbocycles. The zero-order chi connectivity index (χ0) is 9.97. The number of nitrogens with zero attached hydrogens (tertiary/aromatic N) is 1. The zero-order valence-corrected chi connectivity index (χ0v) is 8.79. The van der Waals surface area contributed by atoms with Crippen LogP contribution in [0, 0.1) is 5.92 Å². The van der Waals surface area contributed by atoms with E-state index in [1.54, 1.807) is 0 Å². The zero-order valence-electron chi connectivity index (χ0n) is 8.79. The Kier molecular flexibility index (Phi) is 3.39. The molecule has 0 aromatic heterocycles. The van der Waals surface area contributed by atoms with E-state index in [1.807, 2.05) is 0 Å². The molecule has 0 radical (unpaired) electrons. The van der Waals surface area contributed by atoms with Crippen LogP contribution in [0.4, 0.5) is 4.39 Å². The Bertz CT molecular complexity index is 178. The van der Waals surface area contributed by atoms with Gasteiger partial charge in [-0.1, -0.05) is 0 Å². The van der Waals surface area contributed by atoms with Gasteiger partial charge < -0.3 is 10.6 Å². The van der Waals surface area contributed by atoms with Crippen LogP contribution in [0.25, 0.3) is 0 Å². The molecule has 0 bridgehead atoms. The summed E-state index contributed by atoms with van der Waals surface area (Å²) in [5.74, 6) is 0.778. The summed E-state index contributed by atoms with van der Waals surface area (Å²) in [4.78, 5) is 2.28. The van der Waals surface area contributed by atoms with Gasteiger partial charge in [0.15, 0.2) is 0 Å². The molecule has 0 aromatic carbocycles. The molecule has 2 aliphatic rings. The molecule has 2 rings (SSSR count). The first-order valence-corrected chi connectivity index (χ1v) is 5.86. The highest BCUT2D eigenvalue weighted by Crippen LogP contribution is 2.25. The largest absolute Gasteiger partial charge is 0.328 e. The van der Waals surface area contributed by atoms with E-state index in [1.165, 1.54) is 12.8 Å². The van der Waals surface area contributed by atoms with E-state index in [0.29, 0.717) is 12.6 Å². The van der Waals surface area contributed by atoms with Gasteiger partial charge in [-0.25, -0.2) is 4.39 Å². The molecule has 2 nitrogen and oxygen atoms in total. The molecule has 1 atom stereocenters. The minimum Gasteiger partial charge on any atom is -0.328 e. The highest BCUT2D eigenvalue weighted by atomic mass is 19.1. The lowest BCUT2D eigenvalue weighted by molar-refractivity contribution is 0.211. The summed E-state index contributed by atoms with van der Waals surface area (Å²) in [5, 5.41) is 0. The Morgan fingerprint density at radius 2 is 1.86 bits per heavy atom. The number of rotatable bonds is 2. The van der Waals surface area contributed by atoms with Gasteiger partial charge in [0.05, 0.1) is 0 Å². The van der Waals surface area contributed by atoms with Crippen molar-refractivity contribution in [3.05, 3.63) is 0 Å². The van der Waals surface area contributed by atoms with Gasteiger partial charge in [0.1, 0.15) is 6.17 Å². The van der Waals surface area contributed by atoms with E-state index in [9.17, 15) is 4.39 Å². The van der Waals surface area contributed by atoms with Crippen molar-refractivity contribution in [3.63, 3.8) is 0 Å². The first-order chi connectivity index (χ1) is 6.74. The van der Waals surface area contributed by atoms with Gasteiger partial charge in [0, 0.05) is 25.7 Å². The van der Waals surface area contributed by atoms with E-state index in [2.05, 4.69) is 4.90 Å². The summed E-state index contributed by atoms with van der Waals surface area (Å²) in [6, 6.07) is 0.429. The molecule has 1 heterocycles. The highest BCUT2D eigenvalue weighted by molar-refractivity contribution is 4.80. The molecule has 2 fully saturated rings. The molecule has 1 saturated heterocycles. The molecule has 0 amide bonds. The summed E-state index contributed by atoms with van der Waals surface area (Å²) in [6.45, 7) is 2.74. The van der Waals surface area contributed by atoms with Crippen molar-refractivity contribution < 1.29 is 4.39 Å². The van der Waals surface area contributed by atoms with Crippen LogP contribution in [-0.4, -0.2) is 36.7 Å². The smallest absolute Gasteiger partial charge is 0.114 e. The topological polar surface area (TPSA) is 29.3 Å². The van der Waals surface area contributed by atoms with Gasteiger partial charge in [-0.05, 0) is 38.0 Å². The highest BCUT2D eigenvalue weighted by Gasteiger charge is 2.26. The molecule has 0 spiro atoms. The van der Waals surface area contributed by atoms with Crippen LogP contribution in [0.1, 0.15) is 32.1 Å². The van der Waals surface area contributed by atoms with E-state index in [0.717, 1.165) is 38.3 Å². The third kappa shape index (κ3) is 2.67. The fraction of sp³-hybridized carbons (Fsp3) is 1.00. The first-order valence-electron chi connectivity index (χ1n) is 5.86. The maximum atomic E-state index is 12.9. The number of hydrogen-bond acceptors (Lipinski definition) is 2. The first kappa shape index (κ1) is 10.4. The molecule has 1 saturated carbocycles. The standard InChI is InChI=1S/C11H21FN2/c12-10-5-6-14(8-10)7-9-1-3-11(13)4-2-9/h9-11H,1-8,13H2/t9?,10-,11?/m1/s1. The Labute approximate surface area is 85.6 Å². The summed E-state index contributed by atoms with van der Waals surface area (Å²) in [5.41, 5.74) is 5.85. The Morgan fingerprint density at radius 1 is 1.14 bits per heavy atom. The average molecular weight is 200 g/mol. The molecule has 82 valence electrons. The molecule has 1 aliphatic heterocycles. The number of likely N-dealkylation sites (tertiary alicyclic amines) is 1. The van der Waals surface area contributed by atoms with Gasteiger partial charge in [0.25, 0.3) is 0 Å². The fourth-order valence-electron chi connectivity index (χ4n) is 2.69. The number of halogens is 1. The number of nitrogens with two attached hydrogens (primary N) is 1. The normalized spacial score (nSPS) is 40.3. The Hall–Kier alpha value is -0.150. The van der Waals surface area contributed by atoms with Crippen molar-refractivity contribution in [1.29, 1.82) is 0 Å². The molecule has 2 N–H and O–H groups in total. The molecule has 0 aromatic rings. The maximum Gasteiger partial charge on any atom is 0.114 e. The third-order valence-corrected chi connectivity index (χ3v) is 3.62. The van der Waals surface area contributed by atoms with Crippen molar-refractivity contribution in [2.75, 3.05) is 19.6 Å². The van der Waals surface area contributed by atoms with Crippen LogP contribution in [0.5, 0.6) is 0 Å². The van der Waals surface area contributed by atoms with E-state index in [4.69, 9.17) is 5.73 Å². The van der Waals surface area contributed by atoms with Crippen LogP contribution in [0.2, 0.25) is 0 Å². The lowest BCUT2D eigenvalue weighted by Gasteiger charge is -2.29. The summed E-state index contributed by atoms with van der Waals surface area (Å²) < 4.78 is 12.9. The summed E-state index contributed by atoms with van der Waals surface area (Å²) in [6.07, 6.45) is 4.99. The summed E-state index contributed by atoms with van der Waals surface area (Å²) in [7, 11) is 0. The maximum absolute atomic E-state index is 12.9. The van der Waals surface area contributed by atoms with E-state index < -0.39 is 6.17 Å². The Balaban J connectivity index is 1.70. The van der Waals surface area contributed by atoms with Gasteiger partial charge in [-0.3, -0.25) is 0 Å². The summed E-state index contributed by atoms with van der Waals surface area (Å²) >= 11 is 0. The van der Waals surface area contributed by atoms with Gasteiger partial charge >= 0.3 is 0 Å². The number of alkyl halides is 1. The predicted octanol–water partition coefficient (Wildman–Crippen LogP) is 1.55. The van der Waals surface area contributed by atoms with Gasteiger partial charge in [0.2, 0.25) is 0 Å². The Morgan fingerprint density at radius 3 is 2.43 bits per heavy atom. The van der Waals surface area contributed by atoms with Crippen molar-refractivity contribution in [3.8, 4) is 0 Å².